The SMILES string of the molecule is CC(C)(C)OC(=O)N1CCC(c2nc(-c3ccc(F)cc3)c(-c3ccnc(NC4CCCCC4)c3)o2)CC1. The van der Waals surface area contributed by atoms with Crippen LogP contribution in [0, 0.1) is 5.82 Å². The van der Waals surface area contributed by atoms with Crippen molar-refractivity contribution in [3.63, 3.8) is 0 Å². The highest BCUT2D eigenvalue weighted by atomic mass is 19.1. The van der Waals surface area contributed by atoms with E-state index >= 15 is 0 Å². The quantitative estimate of drug-likeness (QED) is 0.377. The third kappa shape index (κ3) is 6.34. The fourth-order valence-corrected chi connectivity index (χ4v) is 5.25. The van der Waals surface area contributed by atoms with E-state index in [1.165, 1.54) is 31.4 Å². The number of carbonyl (C=O) groups is 1. The smallest absolute Gasteiger partial charge is 0.410 e. The van der Waals surface area contributed by atoms with Gasteiger partial charge in [0.2, 0.25) is 0 Å². The molecule has 2 aromatic heterocycles. The number of nitrogens with zero attached hydrogens (tertiary/aromatic N) is 3. The van der Waals surface area contributed by atoms with Crippen LogP contribution in [0.3, 0.4) is 0 Å². The lowest BCUT2D eigenvalue weighted by Crippen LogP contribution is -2.41. The highest BCUT2D eigenvalue weighted by Crippen LogP contribution is 2.38. The van der Waals surface area contributed by atoms with Crippen molar-refractivity contribution in [2.24, 2.45) is 0 Å². The third-order valence-corrected chi connectivity index (χ3v) is 7.24. The van der Waals surface area contributed by atoms with Gasteiger partial charge in [0.25, 0.3) is 0 Å². The number of anilines is 1. The molecule has 1 aliphatic carbocycles. The van der Waals surface area contributed by atoms with Crippen LogP contribution in [0.25, 0.3) is 22.6 Å². The Morgan fingerprint density at radius 2 is 1.74 bits per heavy atom. The van der Waals surface area contributed by atoms with Gasteiger partial charge in [0.05, 0.1) is 0 Å². The molecule has 202 valence electrons. The second-order valence-corrected chi connectivity index (χ2v) is 11.4. The molecule has 2 fully saturated rings. The molecule has 0 spiro atoms. The normalized spacial score (nSPS) is 17.4. The van der Waals surface area contributed by atoms with E-state index in [1.807, 2.05) is 32.9 Å². The summed E-state index contributed by atoms with van der Waals surface area (Å²) in [5, 5.41) is 3.59. The highest BCUT2D eigenvalue weighted by molar-refractivity contribution is 5.78. The predicted molar refractivity (Wildman–Crippen MR) is 145 cm³/mol. The fraction of sp³-hybridized carbons (Fsp3) is 0.500. The van der Waals surface area contributed by atoms with Crippen molar-refractivity contribution in [1.82, 2.24) is 14.9 Å². The largest absolute Gasteiger partial charge is 0.444 e. The monoisotopic (exact) mass is 520 g/mol. The molecule has 1 N–H and O–H groups in total. The summed E-state index contributed by atoms with van der Waals surface area (Å²) in [5.41, 5.74) is 1.83. The number of piperidine rings is 1. The molecule has 1 saturated heterocycles. The van der Waals surface area contributed by atoms with Gasteiger partial charge in [0.15, 0.2) is 11.7 Å². The summed E-state index contributed by atoms with van der Waals surface area (Å²) < 4.78 is 25.7. The number of hydrogen-bond donors (Lipinski definition) is 1. The lowest BCUT2D eigenvalue weighted by atomic mass is 9.95. The van der Waals surface area contributed by atoms with E-state index in [0.717, 1.165) is 42.6 Å². The van der Waals surface area contributed by atoms with Crippen molar-refractivity contribution in [3.8, 4) is 22.6 Å². The summed E-state index contributed by atoms with van der Waals surface area (Å²) in [5.74, 6) is 1.89. The maximum Gasteiger partial charge on any atom is 0.410 e. The lowest BCUT2D eigenvalue weighted by molar-refractivity contribution is 0.0199. The number of ether oxygens (including phenoxy) is 1. The van der Waals surface area contributed by atoms with Crippen LogP contribution >= 0.6 is 0 Å². The van der Waals surface area contributed by atoms with E-state index in [-0.39, 0.29) is 17.8 Å². The first-order valence-electron chi connectivity index (χ1n) is 13.7. The van der Waals surface area contributed by atoms with Crippen molar-refractivity contribution in [2.75, 3.05) is 18.4 Å². The Morgan fingerprint density at radius 3 is 2.42 bits per heavy atom. The minimum Gasteiger partial charge on any atom is -0.444 e. The van der Waals surface area contributed by atoms with Crippen LogP contribution in [0.15, 0.2) is 47.0 Å². The molecule has 5 rings (SSSR count). The molecule has 2 aliphatic rings. The average molecular weight is 521 g/mol. The Kier molecular flexibility index (Phi) is 7.68. The Balaban J connectivity index is 1.39. The first-order valence-corrected chi connectivity index (χ1v) is 13.7. The number of halogens is 1. The summed E-state index contributed by atoms with van der Waals surface area (Å²) in [6.07, 6.45) is 9.04. The summed E-state index contributed by atoms with van der Waals surface area (Å²) in [6, 6.07) is 10.7. The molecular weight excluding hydrogens is 483 g/mol. The van der Waals surface area contributed by atoms with Crippen molar-refractivity contribution >= 4 is 11.9 Å². The number of amides is 1. The molecule has 0 unspecified atom stereocenters. The highest BCUT2D eigenvalue weighted by Gasteiger charge is 2.31. The molecule has 1 aromatic carbocycles. The molecule has 3 heterocycles. The van der Waals surface area contributed by atoms with Crippen LogP contribution in [0.2, 0.25) is 0 Å². The van der Waals surface area contributed by atoms with Crippen LogP contribution in [0.4, 0.5) is 15.0 Å². The zero-order valence-corrected chi connectivity index (χ0v) is 22.5. The average Bonchev–Trinajstić information content (AvgIpc) is 3.35. The van der Waals surface area contributed by atoms with Gasteiger partial charge in [0, 0.05) is 42.4 Å². The fourth-order valence-electron chi connectivity index (χ4n) is 5.25. The van der Waals surface area contributed by atoms with E-state index in [0.29, 0.717) is 36.5 Å². The molecule has 1 amide bonds. The van der Waals surface area contributed by atoms with Gasteiger partial charge in [-0.2, -0.15) is 0 Å². The number of benzene rings is 1. The Bertz CT molecular complexity index is 1240. The minimum absolute atomic E-state index is 0.0725. The minimum atomic E-state index is -0.523. The molecule has 0 atom stereocenters. The number of likely N-dealkylation sites (tertiary alicyclic amines) is 1. The van der Waals surface area contributed by atoms with Gasteiger partial charge in [0.1, 0.15) is 22.9 Å². The molecule has 3 aromatic rings. The van der Waals surface area contributed by atoms with Crippen molar-refractivity contribution in [1.29, 1.82) is 0 Å². The van der Waals surface area contributed by atoms with Crippen molar-refractivity contribution < 1.29 is 18.3 Å². The number of pyridine rings is 1. The zero-order chi connectivity index (χ0) is 26.7. The lowest BCUT2D eigenvalue weighted by Gasteiger charge is -2.32. The number of oxazole rings is 1. The molecule has 0 bridgehead atoms. The number of hydrogen-bond acceptors (Lipinski definition) is 6. The van der Waals surface area contributed by atoms with Crippen molar-refractivity contribution in [3.05, 3.63) is 54.3 Å². The topological polar surface area (TPSA) is 80.5 Å². The van der Waals surface area contributed by atoms with Gasteiger partial charge in [-0.15, -0.1) is 0 Å². The summed E-state index contributed by atoms with van der Waals surface area (Å²) in [6.45, 7) is 6.77. The Hall–Kier alpha value is -3.42. The second-order valence-electron chi connectivity index (χ2n) is 11.4. The molecule has 1 aliphatic heterocycles. The van der Waals surface area contributed by atoms with Gasteiger partial charge in [-0.1, -0.05) is 19.3 Å². The molecular formula is C30H37FN4O3. The maximum absolute atomic E-state index is 13.7. The number of nitrogens with one attached hydrogen (secondary N) is 1. The molecule has 1 saturated carbocycles. The van der Waals surface area contributed by atoms with Crippen LogP contribution < -0.4 is 5.32 Å². The van der Waals surface area contributed by atoms with E-state index in [4.69, 9.17) is 14.1 Å². The standard InChI is InChI=1S/C30H37FN4O3/c1-30(2,3)38-29(36)35-17-14-21(15-18-35)28-34-26(20-9-11-23(31)12-10-20)27(37-28)22-13-16-32-25(19-22)33-24-7-5-4-6-8-24/h9-13,16,19,21,24H,4-8,14-15,17-18H2,1-3H3,(H,32,33). The predicted octanol–water partition coefficient (Wildman–Crippen LogP) is 7.40. The maximum atomic E-state index is 13.7. The van der Waals surface area contributed by atoms with Crippen LogP contribution in [-0.4, -0.2) is 45.7 Å². The van der Waals surface area contributed by atoms with E-state index < -0.39 is 5.60 Å². The summed E-state index contributed by atoms with van der Waals surface area (Å²) in [4.78, 5) is 23.7. The number of aromatic nitrogens is 2. The van der Waals surface area contributed by atoms with Gasteiger partial charge >= 0.3 is 6.09 Å². The summed E-state index contributed by atoms with van der Waals surface area (Å²) in [7, 11) is 0. The second kappa shape index (κ2) is 11.1. The molecule has 8 heteroatoms. The summed E-state index contributed by atoms with van der Waals surface area (Å²) >= 11 is 0. The zero-order valence-electron chi connectivity index (χ0n) is 22.5. The molecule has 38 heavy (non-hydrogen) atoms. The van der Waals surface area contributed by atoms with Gasteiger partial charge < -0.3 is 19.4 Å². The Labute approximate surface area is 223 Å². The molecule has 0 radical (unpaired) electrons. The van der Waals surface area contributed by atoms with Gasteiger partial charge in [-0.05, 0) is 82.9 Å². The van der Waals surface area contributed by atoms with E-state index in [1.54, 1.807) is 23.2 Å². The van der Waals surface area contributed by atoms with Crippen LogP contribution in [0.1, 0.15) is 77.5 Å². The number of rotatable bonds is 5. The van der Waals surface area contributed by atoms with Gasteiger partial charge in [-0.3, -0.25) is 0 Å². The Morgan fingerprint density at radius 1 is 1.03 bits per heavy atom. The number of carbonyl (C=O) groups excluding carboxylic acids is 1. The van der Waals surface area contributed by atoms with Crippen LogP contribution in [0.5, 0.6) is 0 Å². The van der Waals surface area contributed by atoms with E-state index in [9.17, 15) is 9.18 Å². The van der Waals surface area contributed by atoms with Crippen LogP contribution in [-0.2, 0) is 4.74 Å². The van der Waals surface area contributed by atoms with Gasteiger partial charge in [-0.25, -0.2) is 19.2 Å². The van der Waals surface area contributed by atoms with Crippen molar-refractivity contribution in [2.45, 2.75) is 83.3 Å². The third-order valence-electron chi connectivity index (χ3n) is 7.24. The molecule has 7 nitrogen and oxygen atoms in total. The first-order chi connectivity index (χ1) is 18.2. The van der Waals surface area contributed by atoms with E-state index in [2.05, 4.69) is 10.3 Å². The first kappa shape index (κ1) is 26.2.